The molecule has 0 radical (unpaired) electrons. The van der Waals surface area contributed by atoms with Crippen LogP contribution < -0.4 is 5.32 Å². The highest BCUT2D eigenvalue weighted by Crippen LogP contribution is 2.20. The van der Waals surface area contributed by atoms with Crippen molar-refractivity contribution in [1.29, 1.82) is 0 Å². The minimum Gasteiger partial charge on any atom is -0.308 e. The molecular formula is C14H16N2O. The van der Waals surface area contributed by atoms with Crippen molar-refractivity contribution in [3.05, 3.63) is 42.1 Å². The summed E-state index contributed by atoms with van der Waals surface area (Å²) in [5.74, 6) is 0.0595. The number of likely N-dealkylation sites (N-methyl/N-ethyl adjacent to an activating group) is 1. The Morgan fingerprint density at radius 1 is 1.24 bits per heavy atom. The van der Waals surface area contributed by atoms with Crippen molar-refractivity contribution in [3.63, 3.8) is 0 Å². The van der Waals surface area contributed by atoms with Gasteiger partial charge < -0.3 is 5.32 Å². The molecule has 0 unspecified atom stereocenters. The smallest absolute Gasteiger partial charge is 0.184 e. The zero-order valence-corrected chi connectivity index (χ0v) is 10.3. The second-order valence-corrected chi connectivity index (χ2v) is 4.58. The van der Waals surface area contributed by atoms with Gasteiger partial charge in [0.15, 0.2) is 5.78 Å². The van der Waals surface area contributed by atoms with Gasteiger partial charge in [0, 0.05) is 17.1 Å². The van der Waals surface area contributed by atoms with Crippen molar-refractivity contribution in [2.24, 2.45) is 0 Å². The molecule has 0 fully saturated rings. The molecule has 17 heavy (non-hydrogen) atoms. The van der Waals surface area contributed by atoms with E-state index in [1.165, 1.54) is 0 Å². The normalized spacial score (nSPS) is 11.7. The van der Waals surface area contributed by atoms with Gasteiger partial charge in [-0.3, -0.25) is 9.78 Å². The molecule has 0 amide bonds. The van der Waals surface area contributed by atoms with Gasteiger partial charge in [-0.25, -0.2) is 0 Å². The second-order valence-electron chi connectivity index (χ2n) is 4.58. The number of benzene rings is 1. The zero-order valence-electron chi connectivity index (χ0n) is 10.3. The van der Waals surface area contributed by atoms with Crippen LogP contribution in [0.4, 0.5) is 0 Å². The highest BCUT2D eigenvalue weighted by atomic mass is 16.1. The van der Waals surface area contributed by atoms with E-state index in [0.29, 0.717) is 5.56 Å². The van der Waals surface area contributed by atoms with Crippen LogP contribution in [-0.2, 0) is 0 Å². The van der Waals surface area contributed by atoms with Gasteiger partial charge in [-0.15, -0.1) is 0 Å². The van der Waals surface area contributed by atoms with Crippen molar-refractivity contribution >= 4 is 16.7 Å². The fourth-order valence-electron chi connectivity index (χ4n) is 1.74. The predicted molar refractivity (Wildman–Crippen MR) is 69.2 cm³/mol. The molecular weight excluding hydrogens is 212 g/mol. The first-order chi connectivity index (χ1) is 8.06. The Morgan fingerprint density at radius 3 is 2.65 bits per heavy atom. The number of pyridine rings is 1. The fraction of sp³-hybridized carbons (Fsp3) is 0.286. The molecule has 1 N–H and O–H groups in total. The number of aromatic nitrogens is 1. The Bertz CT molecular complexity index is 556. The van der Waals surface area contributed by atoms with Crippen molar-refractivity contribution in [3.8, 4) is 0 Å². The van der Waals surface area contributed by atoms with Crippen LogP contribution in [0.1, 0.15) is 24.2 Å². The third-order valence-electron chi connectivity index (χ3n) is 3.07. The second kappa shape index (κ2) is 4.26. The van der Waals surface area contributed by atoms with E-state index in [-0.39, 0.29) is 5.78 Å². The van der Waals surface area contributed by atoms with E-state index in [2.05, 4.69) is 10.3 Å². The number of carbonyl (C=O) groups is 1. The first kappa shape index (κ1) is 11.7. The molecule has 0 spiro atoms. The molecule has 2 rings (SSSR count). The Kier molecular flexibility index (Phi) is 2.94. The monoisotopic (exact) mass is 228 g/mol. The van der Waals surface area contributed by atoms with E-state index in [1.54, 1.807) is 13.2 Å². The maximum Gasteiger partial charge on any atom is 0.184 e. The number of ketones is 1. The number of nitrogens with one attached hydrogen (secondary N) is 1. The molecule has 0 saturated carbocycles. The van der Waals surface area contributed by atoms with Gasteiger partial charge in [0.05, 0.1) is 11.1 Å². The Balaban J connectivity index is 2.60. The third kappa shape index (κ3) is 2.06. The van der Waals surface area contributed by atoms with Gasteiger partial charge in [-0.2, -0.15) is 0 Å². The average molecular weight is 228 g/mol. The number of rotatable bonds is 3. The lowest BCUT2D eigenvalue weighted by Gasteiger charge is -2.22. The molecule has 3 nitrogen and oxygen atoms in total. The van der Waals surface area contributed by atoms with Crippen LogP contribution in [0, 0.1) is 0 Å². The molecule has 2 aromatic rings. The molecule has 0 aliphatic carbocycles. The van der Waals surface area contributed by atoms with Crippen LogP contribution in [0.25, 0.3) is 10.9 Å². The predicted octanol–water partition coefficient (Wildman–Crippen LogP) is 2.42. The van der Waals surface area contributed by atoms with Gasteiger partial charge in [-0.1, -0.05) is 18.2 Å². The summed E-state index contributed by atoms with van der Waals surface area (Å²) in [6.45, 7) is 3.74. The van der Waals surface area contributed by atoms with Gasteiger partial charge >= 0.3 is 0 Å². The number of para-hydroxylation sites is 1. The minimum atomic E-state index is -0.578. The molecule has 88 valence electrons. The van der Waals surface area contributed by atoms with Crippen molar-refractivity contribution < 1.29 is 4.79 Å². The van der Waals surface area contributed by atoms with E-state index >= 15 is 0 Å². The van der Waals surface area contributed by atoms with Crippen LogP contribution in [0.15, 0.2) is 36.5 Å². The summed E-state index contributed by atoms with van der Waals surface area (Å²) >= 11 is 0. The average Bonchev–Trinajstić information content (AvgIpc) is 2.37. The van der Waals surface area contributed by atoms with Crippen LogP contribution in [0.3, 0.4) is 0 Å². The number of hydrogen-bond donors (Lipinski definition) is 1. The Labute approximate surface area is 101 Å². The lowest BCUT2D eigenvalue weighted by atomic mass is 9.92. The maximum absolute atomic E-state index is 12.4. The number of hydrogen-bond acceptors (Lipinski definition) is 3. The molecule has 1 heterocycles. The quantitative estimate of drug-likeness (QED) is 0.820. The number of Topliss-reactive ketones (excluding diaryl/α,β-unsaturated/α-hetero) is 1. The summed E-state index contributed by atoms with van der Waals surface area (Å²) in [5.41, 5.74) is 0.858. The van der Waals surface area contributed by atoms with E-state index in [0.717, 1.165) is 10.9 Å². The summed E-state index contributed by atoms with van der Waals surface area (Å²) in [6, 6.07) is 9.52. The molecule has 0 aliphatic heterocycles. The van der Waals surface area contributed by atoms with Crippen molar-refractivity contribution in [2.45, 2.75) is 19.4 Å². The summed E-state index contributed by atoms with van der Waals surface area (Å²) in [7, 11) is 1.79. The lowest BCUT2D eigenvalue weighted by Crippen LogP contribution is -2.44. The van der Waals surface area contributed by atoms with Gasteiger partial charge in [0.25, 0.3) is 0 Å². The number of fused-ring (bicyclic) bond motifs is 1. The van der Waals surface area contributed by atoms with E-state index in [1.807, 2.05) is 44.2 Å². The summed E-state index contributed by atoms with van der Waals surface area (Å²) in [5, 5.41) is 4.02. The topological polar surface area (TPSA) is 42.0 Å². The highest BCUT2D eigenvalue weighted by molar-refractivity contribution is 6.10. The molecule has 1 aromatic heterocycles. The molecule has 0 atom stereocenters. The maximum atomic E-state index is 12.4. The molecule has 0 aliphatic rings. The molecule has 0 bridgehead atoms. The van der Waals surface area contributed by atoms with Crippen molar-refractivity contribution in [1.82, 2.24) is 10.3 Å². The Hall–Kier alpha value is -1.74. The standard InChI is InChI=1S/C14H16N2O/c1-14(2,15-3)13(17)11-8-4-6-10-7-5-9-16-12(10)11/h4-9,15H,1-3H3. The van der Waals surface area contributed by atoms with Crippen LogP contribution in [0.5, 0.6) is 0 Å². The first-order valence-electron chi connectivity index (χ1n) is 5.64. The van der Waals surface area contributed by atoms with Crippen LogP contribution >= 0.6 is 0 Å². The van der Waals surface area contributed by atoms with E-state index < -0.39 is 5.54 Å². The SMILES string of the molecule is CNC(C)(C)C(=O)c1cccc2cccnc12. The molecule has 1 aromatic carbocycles. The summed E-state index contributed by atoms with van der Waals surface area (Å²) in [4.78, 5) is 16.7. The summed E-state index contributed by atoms with van der Waals surface area (Å²) in [6.07, 6.45) is 1.71. The fourth-order valence-corrected chi connectivity index (χ4v) is 1.74. The number of nitrogens with zero attached hydrogens (tertiary/aromatic N) is 1. The molecule has 3 heteroatoms. The zero-order chi connectivity index (χ0) is 12.5. The first-order valence-corrected chi connectivity index (χ1v) is 5.64. The molecule has 0 saturated heterocycles. The third-order valence-corrected chi connectivity index (χ3v) is 3.07. The van der Waals surface area contributed by atoms with Gasteiger partial charge in [0.1, 0.15) is 0 Å². The van der Waals surface area contributed by atoms with E-state index in [9.17, 15) is 4.79 Å². The largest absolute Gasteiger partial charge is 0.308 e. The Morgan fingerprint density at radius 2 is 1.94 bits per heavy atom. The van der Waals surface area contributed by atoms with Crippen LogP contribution in [0.2, 0.25) is 0 Å². The lowest BCUT2D eigenvalue weighted by molar-refractivity contribution is 0.0891. The summed E-state index contributed by atoms with van der Waals surface area (Å²) < 4.78 is 0. The highest BCUT2D eigenvalue weighted by Gasteiger charge is 2.27. The van der Waals surface area contributed by atoms with E-state index in [4.69, 9.17) is 0 Å². The van der Waals surface area contributed by atoms with Crippen molar-refractivity contribution in [2.75, 3.05) is 7.05 Å². The minimum absolute atomic E-state index is 0.0595. The van der Waals surface area contributed by atoms with Crippen LogP contribution in [-0.4, -0.2) is 23.4 Å². The van der Waals surface area contributed by atoms with Gasteiger partial charge in [0.2, 0.25) is 0 Å². The van der Waals surface area contributed by atoms with Gasteiger partial charge in [-0.05, 0) is 33.0 Å². The number of carbonyl (C=O) groups excluding carboxylic acids is 1.